The molecule has 0 aliphatic heterocycles. The van der Waals surface area contributed by atoms with Crippen molar-refractivity contribution in [2.24, 2.45) is 51.2 Å². The van der Waals surface area contributed by atoms with E-state index in [0.717, 1.165) is 50.9 Å². The van der Waals surface area contributed by atoms with Crippen molar-refractivity contribution >= 4 is 23.9 Å². The molecule has 4 aliphatic carbocycles. The van der Waals surface area contributed by atoms with Gasteiger partial charge in [-0.05, 0) is 128 Å². The zero-order chi connectivity index (χ0) is 45.4. The van der Waals surface area contributed by atoms with Crippen LogP contribution in [0, 0.1) is 51.2 Å². The molecule has 0 bridgehead atoms. The molecule has 5 unspecified atom stereocenters. The van der Waals surface area contributed by atoms with Crippen LogP contribution in [0.15, 0.2) is 50.6 Å². The van der Waals surface area contributed by atoms with Gasteiger partial charge in [-0.15, -0.1) is 0 Å². The molecule has 5 atom stereocenters. The summed E-state index contributed by atoms with van der Waals surface area (Å²) in [6.07, 6.45) is 19.4. The Morgan fingerprint density at radius 2 is 0.966 bits per heavy atom. The molecule has 0 aromatic carbocycles. The van der Waals surface area contributed by atoms with Gasteiger partial charge in [-0.1, -0.05) is 123 Å². The quantitative estimate of drug-likeness (QED) is 0.129. The minimum atomic E-state index is -0.298. The third-order valence-corrected chi connectivity index (χ3v) is 12.5. The van der Waals surface area contributed by atoms with Gasteiger partial charge in [-0.2, -0.15) is 0 Å². The molecule has 338 valence electrons. The number of rotatable bonds is 9. The van der Waals surface area contributed by atoms with Gasteiger partial charge in [-0.3, -0.25) is 0 Å². The monoisotopic (exact) mass is 827 g/mol. The van der Waals surface area contributed by atoms with E-state index >= 15 is 0 Å². The Balaban J connectivity index is 0.000000393. The zero-order valence-electron chi connectivity index (χ0n) is 39.8. The molecule has 4 fully saturated rings. The van der Waals surface area contributed by atoms with E-state index < -0.39 is 0 Å². The SMILES string of the molecule is C=CC(=O)OC1CC(C)(C)CC(C)(C)C1.C=CC(=O)OC1CC(C)CC(C)(C)C1.C=CC(=O)OC1CC(C)CCC1C(C)C.C=CC(=O)OC1CCC(C(C)(C)C)CC1. The highest BCUT2D eigenvalue weighted by atomic mass is 16.6. The summed E-state index contributed by atoms with van der Waals surface area (Å²) in [7, 11) is 0. The first-order chi connectivity index (χ1) is 27.1. The Kier molecular flexibility index (Phi) is 22.2. The van der Waals surface area contributed by atoms with Crippen molar-refractivity contribution < 1.29 is 38.1 Å². The van der Waals surface area contributed by atoms with Crippen molar-refractivity contribution in [1.29, 1.82) is 0 Å². The normalized spacial score (nSPS) is 28.4. The van der Waals surface area contributed by atoms with E-state index in [1.165, 1.54) is 62.8 Å². The van der Waals surface area contributed by atoms with E-state index in [1.54, 1.807) is 0 Å². The lowest BCUT2D eigenvalue weighted by molar-refractivity contribution is -0.150. The highest BCUT2D eigenvalue weighted by Gasteiger charge is 2.40. The summed E-state index contributed by atoms with van der Waals surface area (Å²) in [6.45, 7) is 42.8. The van der Waals surface area contributed by atoms with E-state index in [-0.39, 0.29) is 59.1 Å². The molecular formula is C51H86O8. The maximum atomic E-state index is 11.2. The molecule has 4 rings (SSSR count). The van der Waals surface area contributed by atoms with Gasteiger partial charge in [0.15, 0.2) is 0 Å². The van der Waals surface area contributed by atoms with Gasteiger partial charge < -0.3 is 18.9 Å². The highest BCUT2D eigenvalue weighted by molar-refractivity contribution is 5.82. The zero-order valence-corrected chi connectivity index (χ0v) is 39.8. The largest absolute Gasteiger partial charge is 0.459 e. The van der Waals surface area contributed by atoms with E-state index in [9.17, 15) is 19.2 Å². The van der Waals surface area contributed by atoms with Gasteiger partial charge in [0.05, 0.1) is 0 Å². The molecule has 8 heteroatoms. The summed E-state index contributed by atoms with van der Waals surface area (Å²) in [4.78, 5) is 44.5. The Morgan fingerprint density at radius 3 is 1.39 bits per heavy atom. The Hall–Kier alpha value is -3.16. The van der Waals surface area contributed by atoms with Crippen molar-refractivity contribution in [3.63, 3.8) is 0 Å². The Morgan fingerprint density at radius 1 is 0.542 bits per heavy atom. The van der Waals surface area contributed by atoms with Crippen LogP contribution in [0.5, 0.6) is 0 Å². The molecule has 0 heterocycles. The fourth-order valence-corrected chi connectivity index (χ4v) is 10.3. The van der Waals surface area contributed by atoms with Crippen LogP contribution in [0.25, 0.3) is 0 Å². The minimum absolute atomic E-state index is 0.0502. The second-order valence-electron chi connectivity index (χ2n) is 21.8. The standard InChI is InChI=1S/3C13H22O2.C12H20O2/c1-6-11(14)15-10-7-12(2,3)9-13(4,5)8-10;1-5-12(14)15-11-8-6-10(7-9-11)13(2,3)4;1-5-13(14)15-12-8-10(4)6-7-11(12)9(2)3;1-5-11(13)14-10-6-9(2)7-12(3,4)8-10/h6,10H,1,7-9H2,2-5H3;5,10-11H,1,6-9H2,2-4H3;5,9-12H,1,6-8H2,2-4H3;5,9-10H,1,6-8H2,2-4H3. The summed E-state index contributed by atoms with van der Waals surface area (Å²) in [5.41, 5.74) is 1.19. The number of esters is 4. The lowest BCUT2D eigenvalue weighted by Crippen LogP contribution is -2.38. The van der Waals surface area contributed by atoms with Crippen LogP contribution in [-0.4, -0.2) is 48.3 Å². The van der Waals surface area contributed by atoms with E-state index in [1.807, 2.05) is 0 Å². The molecule has 0 saturated heterocycles. The number of carbonyl (C=O) groups is 4. The first-order valence-electron chi connectivity index (χ1n) is 22.5. The lowest BCUT2D eigenvalue weighted by Gasteiger charge is -2.44. The number of ether oxygens (including phenoxy) is 4. The van der Waals surface area contributed by atoms with Gasteiger partial charge in [0.1, 0.15) is 24.4 Å². The van der Waals surface area contributed by atoms with Gasteiger partial charge in [0.2, 0.25) is 0 Å². The van der Waals surface area contributed by atoms with Crippen LogP contribution in [0.1, 0.15) is 173 Å². The molecular weight excluding hydrogens is 741 g/mol. The first-order valence-corrected chi connectivity index (χ1v) is 22.5. The Labute approximate surface area is 360 Å². The topological polar surface area (TPSA) is 105 Å². The summed E-state index contributed by atoms with van der Waals surface area (Å²) in [5.74, 6) is 2.02. The predicted octanol–water partition coefficient (Wildman–Crippen LogP) is 12.7. The van der Waals surface area contributed by atoms with Gasteiger partial charge in [0.25, 0.3) is 0 Å². The maximum absolute atomic E-state index is 11.2. The molecule has 4 saturated carbocycles. The molecule has 4 aliphatic rings. The smallest absolute Gasteiger partial charge is 0.330 e. The summed E-state index contributed by atoms with van der Waals surface area (Å²) in [6, 6.07) is 0. The molecule has 0 radical (unpaired) electrons. The molecule has 0 amide bonds. The fourth-order valence-electron chi connectivity index (χ4n) is 10.3. The highest BCUT2D eigenvalue weighted by Crippen LogP contribution is 2.47. The van der Waals surface area contributed by atoms with E-state index in [4.69, 9.17) is 18.9 Å². The average molecular weight is 827 g/mol. The summed E-state index contributed by atoms with van der Waals surface area (Å²) < 4.78 is 21.3. The second kappa shape index (κ2) is 24.3. The van der Waals surface area contributed by atoms with Crippen LogP contribution in [0.2, 0.25) is 0 Å². The van der Waals surface area contributed by atoms with Gasteiger partial charge >= 0.3 is 23.9 Å². The van der Waals surface area contributed by atoms with Gasteiger partial charge in [-0.25, -0.2) is 19.2 Å². The lowest BCUT2D eigenvalue weighted by atomic mass is 9.64. The first kappa shape index (κ1) is 53.9. The third-order valence-electron chi connectivity index (χ3n) is 12.5. The minimum Gasteiger partial charge on any atom is -0.459 e. The number of hydrogen-bond acceptors (Lipinski definition) is 8. The van der Waals surface area contributed by atoms with E-state index in [2.05, 4.69) is 116 Å². The Bertz CT molecular complexity index is 1360. The molecule has 0 spiro atoms. The maximum Gasteiger partial charge on any atom is 0.330 e. The van der Waals surface area contributed by atoms with Gasteiger partial charge in [0, 0.05) is 24.3 Å². The molecule has 0 N–H and O–H groups in total. The van der Waals surface area contributed by atoms with Crippen molar-refractivity contribution in [2.45, 2.75) is 198 Å². The number of carbonyl (C=O) groups excluding carboxylic acids is 4. The third kappa shape index (κ3) is 21.8. The predicted molar refractivity (Wildman–Crippen MR) is 241 cm³/mol. The molecule has 8 nitrogen and oxygen atoms in total. The van der Waals surface area contributed by atoms with Crippen molar-refractivity contribution in [1.82, 2.24) is 0 Å². The molecule has 0 aromatic rings. The summed E-state index contributed by atoms with van der Waals surface area (Å²) in [5, 5.41) is 0. The second-order valence-corrected chi connectivity index (χ2v) is 21.8. The van der Waals surface area contributed by atoms with Crippen molar-refractivity contribution in [3.8, 4) is 0 Å². The van der Waals surface area contributed by atoms with Crippen LogP contribution in [-0.2, 0) is 38.1 Å². The average Bonchev–Trinajstić information content (AvgIpc) is 3.09. The summed E-state index contributed by atoms with van der Waals surface area (Å²) >= 11 is 0. The van der Waals surface area contributed by atoms with Crippen LogP contribution in [0.4, 0.5) is 0 Å². The van der Waals surface area contributed by atoms with Crippen LogP contribution in [0.3, 0.4) is 0 Å². The number of hydrogen-bond donors (Lipinski definition) is 0. The van der Waals surface area contributed by atoms with Crippen molar-refractivity contribution in [3.05, 3.63) is 50.6 Å². The fraction of sp³-hybridized carbons (Fsp3) is 0.765. The van der Waals surface area contributed by atoms with Crippen molar-refractivity contribution in [2.75, 3.05) is 0 Å². The van der Waals surface area contributed by atoms with Crippen LogP contribution >= 0.6 is 0 Å². The molecule has 0 aromatic heterocycles. The molecule has 59 heavy (non-hydrogen) atoms. The van der Waals surface area contributed by atoms with E-state index in [0.29, 0.717) is 34.5 Å². The van der Waals surface area contributed by atoms with Crippen LogP contribution < -0.4 is 0 Å².